The van der Waals surface area contributed by atoms with E-state index in [4.69, 9.17) is 21.6 Å². The molecule has 2 rings (SSSR count). The van der Waals surface area contributed by atoms with Crippen molar-refractivity contribution in [3.8, 4) is 17.6 Å². The minimum absolute atomic E-state index is 0.386. The van der Waals surface area contributed by atoms with E-state index in [2.05, 4.69) is 22.0 Å². The number of rotatable bonds is 3. The van der Waals surface area contributed by atoms with Gasteiger partial charge < -0.3 is 4.74 Å². The number of nitrogens with zero attached hydrogens (tertiary/aromatic N) is 1. The van der Waals surface area contributed by atoms with Gasteiger partial charge in [-0.3, -0.25) is 0 Å². The summed E-state index contributed by atoms with van der Waals surface area (Å²) in [5.41, 5.74) is 3.43. The fourth-order valence-electron chi connectivity index (χ4n) is 2.02. The molecule has 0 radical (unpaired) electrons. The predicted octanol–water partition coefficient (Wildman–Crippen LogP) is 5.47. The Morgan fingerprint density at radius 3 is 2.40 bits per heavy atom. The molecule has 0 saturated heterocycles. The first kappa shape index (κ1) is 14.9. The van der Waals surface area contributed by atoms with E-state index in [0.717, 1.165) is 32.7 Å². The first-order valence-electron chi connectivity index (χ1n) is 6.08. The zero-order valence-electron chi connectivity index (χ0n) is 11.2. The molecule has 0 amide bonds. The van der Waals surface area contributed by atoms with Gasteiger partial charge in [0.15, 0.2) is 0 Å². The van der Waals surface area contributed by atoms with E-state index >= 15 is 0 Å². The average molecular weight is 351 g/mol. The van der Waals surface area contributed by atoms with E-state index in [1.54, 1.807) is 0 Å². The quantitative estimate of drug-likeness (QED) is 0.688. The lowest BCUT2D eigenvalue weighted by Gasteiger charge is -2.14. The monoisotopic (exact) mass is 349 g/mol. The van der Waals surface area contributed by atoms with Gasteiger partial charge in [-0.1, -0.05) is 22.0 Å². The van der Waals surface area contributed by atoms with Crippen LogP contribution in [0.5, 0.6) is 11.5 Å². The zero-order chi connectivity index (χ0) is 14.7. The van der Waals surface area contributed by atoms with E-state index in [1.807, 2.05) is 44.2 Å². The number of alkyl halides is 1. The van der Waals surface area contributed by atoms with Crippen molar-refractivity contribution < 1.29 is 4.74 Å². The van der Waals surface area contributed by atoms with Crippen molar-refractivity contribution in [3.05, 3.63) is 57.1 Å². The van der Waals surface area contributed by atoms with Crippen molar-refractivity contribution in [1.82, 2.24) is 0 Å². The van der Waals surface area contributed by atoms with Gasteiger partial charge in [0.2, 0.25) is 0 Å². The van der Waals surface area contributed by atoms with Crippen molar-refractivity contribution in [2.24, 2.45) is 0 Å². The minimum atomic E-state index is 0.386. The van der Waals surface area contributed by atoms with E-state index in [1.165, 1.54) is 0 Å². The maximum absolute atomic E-state index is 8.97. The Morgan fingerprint density at radius 1 is 1.20 bits per heavy atom. The van der Waals surface area contributed by atoms with Crippen LogP contribution in [-0.4, -0.2) is 0 Å². The molecule has 20 heavy (non-hydrogen) atoms. The molecule has 0 aliphatic rings. The van der Waals surface area contributed by atoms with Gasteiger partial charge in [0.05, 0.1) is 17.5 Å². The van der Waals surface area contributed by atoms with Crippen molar-refractivity contribution >= 4 is 27.5 Å². The number of benzene rings is 2. The number of hydrogen-bond donors (Lipinski definition) is 0. The third kappa shape index (κ3) is 3.15. The van der Waals surface area contributed by atoms with Crippen LogP contribution in [0.15, 0.2) is 34.8 Å². The molecule has 0 N–H and O–H groups in total. The zero-order valence-corrected chi connectivity index (χ0v) is 13.5. The Labute approximate surface area is 132 Å². The Morgan fingerprint density at radius 2 is 1.85 bits per heavy atom. The van der Waals surface area contributed by atoms with Gasteiger partial charge in [-0.25, -0.2) is 0 Å². The molecule has 102 valence electrons. The van der Waals surface area contributed by atoms with Gasteiger partial charge in [0.1, 0.15) is 11.5 Å². The SMILES string of the molecule is Cc1cc(C#N)cc(C)c1Oc1cc(Br)ccc1CCl. The average Bonchev–Trinajstić information content (AvgIpc) is 2.42. The molecule has 0 aliphatic heterocycles. The molecule has 0 heterocycles. The summed E-state index contributed by atoms with van der Waals surface area (Å²) in [6.07, 6.45) is 0. The van der Waals surface area contributed by atoms with Gasteiger partial charge in [0, 0.05) is 10.0 Å². The molecule has 2 nitrogen and oxygen atoms in total. The summed E-state index contributed by atoms with van der Waals surface area (Å²) in [5.74, 6) is 1.88. The fourth-order valence-corrected chi connectivity index (χ4v) is 2.58. The lowest BCUT2D eigenvalue weighted by molar-refractivity contribution is 0.470. The number of halogens is 2. The van der Waals surface area contributed by atoms with Crippen LogP contribution >= 0.6 is 27.5 Å². The Kier molecular flexibility index (Phi) is 4.69. The van der Waals surface area contributed by atoms with Crippen LogP contribution in [0, 0.1) is 25.2 Å². The van der Waals surface area contributed by atoms with E-state index < -0.39 is 0 Å². The second kappa shape index (κ2) is 6.30. The van der Waals surface area contributed by atoms with Crippen molar-refractivity contribution in [1.29, 1.82) is 5.26 Å². The molecule has 2 aromatic carbocycles. The van der Waals surface area contributed by atoms with Crippen LogP contribution in [-0.2, 0) is 5.88 Å². The number of aryl methyl sites for hydroxylation is 2. The third-order valence-corrected chi connectivity index (χ3v) is 3.76. The van der Waals surface area contributed by atoms with Gasteiger partial charge in [-0.2, -0.15) is 5.26 Å². The Bertz CT molecular complexity index is 668. The maximum atomic E-state index is 8.97. The normalized spacial score (nSPS) is 10.2. The first-order chi connectivity index (χ1) is 9.55. The standard InChI is InChI=1S/C16H13BrClNO/c1-10-5-12(9-19)6-11(2)16(10)20-15-7-14(17)4-3-13(15)8-18/h3-7H,8H2,1-2H3. The van der Waals surface area contributed by atoms with Crippen molar-refractivity contribution in [2.75, 3.05) is 0 Å². The molecular formula is C16H13BrClNO. The highest BCUT2D eigenvalue weighted by molar-refractivity contribution is 9.10. The Hall–Kier alpha value is -1.50. The fraction of sp³-hybridized carbons (Fsp3) is 0.188. The van der Waals surface area contributed by atoms with Crippen LogP contribution in [0.25, 0.3) is 0 Å². The van der Waals surface area contributed by atoms with Crippen molar-refractivity contribution in [2.45, 2.75) is 19.7 Å². The van der Waals surface area contributed by atoms with Gasteiger partial charge in [-0.05, 0) is 49.2 Å². The van der Waals surface area contributed by atoms with E-state index in [0.29, 0.717) is 11.4 Å². The van der Waals surface area contributed by atoms with Crippen LogP contribution in [0.4, 0.5) is 0 Å². The summed E-state index contributed by atoms with van der Waals surface area (Å²) in [7, 11) is 0. The highest BCUT2D eigenvalue weighted by Crippen LogP contribution is 2.34. The number of ether oxygens (including phenoxy) is 1. The number of hydrogen-bond acceptors (Lipinski definition) is 2. The summed E-state index contributed by atoms with van der Waals surface area (Å²) in [5, 5.41) is 8.97. The molecule has 0 aliphatic carbocycles. The molecule has 0 unspecified atom stereocenters. The highest BCUT2D eigenvalue weighted by Gasteiger charge is 2.11. The van der Waals surface area contributed by atoms with Crippen LogP contribution < -0.4 is 4.74 Å². The highest BCUT2D eigenvalue weighted by atomic mass is 79.9. The molecule has 0 spiro atoms. The van der Waals surface area contributed by atoms with Gasteiger partial charge in [0.25, 0.3) is 0 Å². The minimum Gasteiger partial charge on any atom is -0.456 e. The van der Waals surface area contributed by atoms with E-state index in [9.17, 15) is 0 Å². The van der Waals surface area contributed by atoms with E-state index in [-0.39, 0.29) is 0 Å². The maximum Gasteiger partial charge on any atom is 0.133 e. The van der Waals surface area contributed by atoms with Crippen LogP contribution in [0.3, 0.4) is 0 Å². The summed E-state index contributed by atoms with van der Waals surface area (Å²) >= 11 is 9.37. The number of nitriles is 1. The lowest BCUT2D eigenvalue weighted by atomic mass is 10.1. The smallest absolute Gasteiger partial charge is 0.133 e. The molecule has 0 bridgehead atoms. The molecule has 2 aromatic rings. The second-order valence-corrected chi connectivity index (χ2v) is 5.72. The third-order valence-electron chi connectivity index (χ3n) is 2.97. The van der Waals surface area contributed by atoms with Gasteiger partial charge in [-0.15, -0.1) is 11.6 Å². The van der Waals surface area contributed by atoms with Gasteiger partial charge >= 0.3 is 0 Å². The molecule has 0 fully saturated rings. The van der Waals surface area contributed by atoms with Crippen LogP contribution in [0.1, 0.15) is 22.3 Å². The molecule has 0 atom stereocenters. The summed E-state index contributed by atoms with van der Waals surface area (Å²) < 4.78 is 6.95. The largest absolute Gasteiger partial charge is 0.456 e. The molecular weight excluding hydrogens is 338 g/mol. The molecule has 4 heteroatoms. The summed E-state index contributed by atoms with van der Waals surface area (Å²) in [6.45, 7) is 3.86. The Balaban J connectivity index is 2.45. The van der Waals surface area contributed by atoms with Crippen molar-refractivity contribution in [3.63, 3.8) is 0 Å². The molecule has 0 aromatic heterocycles. The van der Waals surface area contributed by atoms with Crippen LogP contribution in [0.2, 0.25) is 0 Å². The summed E-state index contributed by atoms with van der Waals surface area (Å²) in [6, 6.07) is 11.5. The summed E-state index contributed by atoms with van der Waals surface area (Å²) in [4.78, 5) is 0. The second-order valence-electron chi connectivity index (χ2n) is 4.54. The lowest BCUT2D eigenvalue weighted by Crippen LogP contribution is -1.95. The molecule has 0 saturated carbocycles. The first-order valence-corrected chi connectivity index (χ1v) is 7.41. The topological polar surface area (TPSA) is 33.0 Å². The predicted molar refractivity (Wildman–Crippen MR) is 84.4 cm³/mol.